The molecule has 0 spiro atoms. The van der Waals surface area contributed by atoms with Gasteiger partial charge in [0.1, 0.15) is 0 Å². The Morgan fingerprint density at radius 1 is 1.07 bits per heavy atom. The number of nitrogens with one attached hydrogen (secondary N) is 2. The molecule has 1 atom stereocenters. The summed E-state index contributed by atoms with van der Waals surface area (Å²) in [5.74, 6) is 3.02. The Morgan fingerprint density at radius 3 is 2.29 bits per heavy atom. The predicted molar refractivity (Wildman–Crippen MR) is 58.2 cm³/mol. The van der Waals surface area contributed by atoms with Gasteiger partial charge in [-0.15, -0.1) is 0 Å². The lowest BCUT2D eigenvalue weighted by Gasteiger charge is -2.19. The van der Waals surface area contributed by atoms with Crippen molar-refractivity contribution in [3.8, 4) is 0 Å². The van der Waals surface area contributed by atoms with Crippen LogP contribution in [0, 0.1) is 17.8 Å². The standard InChI is InChI=1S/C12H22N2/c1-2-10(1)12(11-3-4-11)14-8-9-5-6-13-7-9/h9-14H,1-8H2. The minimum atomic E-state index is 0.899. The van der Waals surface area contributed by atoms with Gasteiger partial charge in [-0.2, -0.15) is 0 Å². The molecule has 1 aliphatic heterocycles. The Morgan fingerprint density at radius 2 is 1.79 bits per heavy atom. The molecule has 1 unspecified atom stereocenters. The molecule has 1 heterocycles. The highest BCUT2D eigenvalue weighted by Crippen LogP contribution is 2.44. The molecule has 3 rings (SSSR count). The van der Waals surface area contributed by atoms with Crippen LogP contribution in [0.3, 0.4) is 0 Å². The first-order valence-corrected chi connectivity index (χ1v) is 6.37. The van der Waals surface area contributed by atoms with E-state index in [0.29, 0.717) is 0 Å². The van der Waals surface area contributed by atoms with E-state index in [9.17, 15) is 0 Å². The van der Waals surface area contributed by atoms with E-state index in [1.807, 2.05) is 0 Å². The van der Waals surface area contributed by atoms with Gasteiger partial charge in [0.25, 0.3) is 0 Å². The van der Waals surface area contributed by atoms with Gasteiger partial charge >= 0.3 is 0 Å². The monoisotopic (exact) mass is 194 g/mol. The van der Waals surface area contributed by atoms with E-state index >= 15 is 0 Å². The lowest BCUT2D eigenvalue weighted by molar-refractivity contribution is 0.381. The molecule has 3 fully saturated rings. The number of hydrogen-bond acceptors (Lipinski definition) is 2. The summed E-state index contributed by atoms with van der Waals surface area (Å²) in [5, 5.41) is 7.29. The molecule has 0 aromatic rings. The zero-order valence-corrected chi connectivity index (χ0v) is 8.97. The van der Waals surface area contributed by atoms with Gasteiger partial charge in [0.05, 0.1) is 0 Å². The molecule has 2 aliphatic carbocycles. The van der Waals surface area contributed by atoms with Gasteiger partial charge in [-0.25, -0.2) is 0 Å². The van der Waals surface area contributed by atoms with Gasteiger partial charge in [0.2, 0.25) is 0 Å². The molecule has 0 radical (unpaired) electrons. The van der Waals surface area contributed by atoms with Crippen LogP contribution in [-0.4, -0.2) is 25.7 Å². The average Bonchev–Trinajstić information content (AvgIpc) is 3.09. The molecule has 2 heteroatoms. The van der Waals surface area contributed by atoms with Crippen molar-refractivity contribution in [3.63, 3.8) is 0 Å². The third-order valence-corrected chi connectivity index (χ3v) is 4.06. The molecular formula is C12H22N2. The van der Waals surface area contributed by atoms with Gasteiger partial charge in [-0.1, -0.05) is 0 Å². The van der Waals surface area contributed by atoms with Crippen molar-refractivity contribution < 1.29 is 0 Å². The molecule has 2 N–H and O–H groups in total. The van der Waals surface area contributed by atoms with Gasteiger partial charge in [0.15, 0.2) is 0 Å². The smallest absolute Gasteiger partial charge is 0.0124 e. The Kier molecular flexibility index (Phi) is 2.50. The second-order valence-corrected chi connectivity index (χ2v) is 5.47. The van der Waals surface area contributed by atoms with Gasteiger partial charge in [0, 0.05) is 6.04 Å². The molecule has 1 saturated heterocycles. The first kappa shape index (κ1) is 9.17. The van der Waals surface area contributed by atoms with E-state index < -0.39 is 0 Å². The summed E-state index contributed by atoms with van der Waals surface area (Å²) in [5.41, 5.74) is 0. The average molecular weight is 194 g/mol. The first-order valence-electron chi connectivity index (χ1n) is 6.37. The summed E-state index contributed by atoms with van der Waals surface area (Å²) in [4.78, 5) is 0. The maximum atomic E-state index is 3.85. The van der Waals surface area contributed by atoms with Crippen LogP contribution in [0.5, 0.6) is 0 Å². The molecule has 14 heavy (non-hydrogen) atoms. The van der Waals surface area contributed by atoms with Crippen LogP contribution in [-0.2, 0) is 0 Å². The van der Waals surface area contributed by atoms with Crippen molar-refractivity contribution in [2.75, 3.05) is 19.6 Å². The maximum Gasteiger partial charge on any atom is 0.0124 e. The molecule has 0 aromatic carbocycles. The first-order chi connectivity index (χ1) is 6.93. The summed E-state index contributed by atoms with van der Waals surface area (Å²) in [7, 11) is 0. The third-order valence-electron chi connectivity index (χ3n) is 4.06. The van der Waals surface area contributed by atoms with E-state index in [1.165, 1.54) is 51.7 Å². The van der Waals surface area contributed by atoms with Crippen LogP contribution in [0.25, 0.3) is 0 Å². The van der Waals surface area contributed by atoms with Crippen LogP contribution >= 0.6 is 0 Å². The van der Waals surface area contributed by atoms with Crippen molar-refractivity contribution in [1.29, 1.82) is 0 Å². The normalized spacial score (nSPS) is 32.8. The molecule has 0 bridgehead atoms. The second kappa shape index (κ2) is 3.82. The van der Waals surface area contributed by atoms with Crippen molar-refractivity contribution in [1.82, 2.24) is 10.6 Å². The lowest BCUT2D eigenvalue weighted by atomic mass is 10.0. The van der Waals surface area contributed by atoms with Gasteiger partial charge < -0.3 is 10.6 Å². The fraction of sp³-hybridized carbons (Fsp3) is 1.00. The zero-order valence-electron chi connectivity index (χ0n) is 8.97. The van der Waals surface area contributed by atoms with Crippen LogP contribution in [0.4, 0.5) is 0 Å². The highest BCUT2D eigenvalue weighted by atomic mass is 15.0. The number of rotatable bonds is 5. The summed E-state index contributed by atoms with van der Waals surface area (Å²) in [6.07, 6.45) is 7.37. The predicted octanol–water partition coefficient (Wildman–Crippen LogP) is 1.37. The van der Waals surface area contributed by atoms with E-state index in [-0.39, 0.29) is 0 Å². The van der Waals surface area contributed by atoms with Crippen molar-refractivity contribution >= 4 is 0 Å². The summed E-state index contributed by atoms with van der Waals surface area (Å²) < 4.78 is 0. The SMILES string of the molecule is C1CC(CNC(C2CC2)C2CC2)CN1. The number of hydrogen-bond donors (Lipinski definition) is 2. The Hall–Kier alpha value is -0.0800. The van der Waals surface area contributed by atoms with Crippen molar-refractivity contribution in [2.24, 2.45) is 17.8 Å². The molecule has 2 nitrogen and oxygen atoms in total. The molecule has 0 aromatic heterocycles. The van der Waals surface area contributed by atoms with E-state index in [2.05, 4.69) is 10.6 Å². The highest BCUT2D eigenvalue weighted by Gasteiger charge is 2.41. The molecule has 2 saturated carbocycles. The molecular weight excluding hydrogens is 172 g/mol. The molecule has 0 amide bonds. The lowest BCUT2D eigenvalue weighted by Crippen LogP contribution is -2.37. The maximum absolute atomic E-state index is 3.85. The largest absolute Gasteiger partial charge is 0.316 e. The van der Waals surface area contributed by atoms with E-state index in [1.54, 1.807) is 0 Å². The van der Waals surface area contributed by atoms with E-state index in [0.717, 1.165) is 23.8 Å². The summed E-state index contributed by atoms with van der Waals surface area (Å²) in [6, 6.07) is 0.899. The Labute approximate surface area is 86.8 Å². The van der Waals surface area contributed by atoms with Crippen molar-refractivity contribution in [3.05, 3.63) is 0 Å². The van der Waals surface area contributed by atoms with Crippen LogP contribution in [0.2, 0.25) is 0 Å². The zero-order chi connectivity index (χ0) is 9.38. The quantitative estimate of drug-likeness (QED) is 0.691. The fourth-order valence-corrected chi connectivity index (χ4v) is 2.82. The topological polar surface area (TPSA) is 24.1 Å². The Bertz CT molecular complexity index is 178. The van der Waals surface area contributed by atoms with Crippen LogP contribution in [0.15, 0.2) is 0 Å². The summed E-state index contributed by atoms with van der Waals surface area (Å²) >= 11 is 0. The summed E-state index contributed by atoms with van der Waals surface area (Å²) in [6.45, 7) is 3.75. The molecule has 80 valence electrons. The fourth-order valence-electron chi connectivity index (χ4n) is 2.82. The van der Waals surface area contributed by atoms with Crippen LogP contribution in [0.1, 0.15) is 32.1 Å². The Balaban J connectivity index is 1.44. The highest BCUT2D eigenvalue weighted by molar-refractivity contribution is 4.96. The minimum Gasteiger partial charge on any atom is -0.316 e. The van der Waals surface area contributed by atoms with Crippen LogP contribution < -0.4 is 10.6 Å². The van der Waals surface area contributed by atoms with Gasteiger partial charge in [-0.3, -0.25) is 0 Å². The van der Waals surface area contributed by atoms with Crippen molar-refractivity contribution in [2.45, 2.75) is 38.1 Å². The van der Waals surface area contributed by atoms with Gasteiger partial charge in [-0.05, 0) is 69.5 Å². The molecule has 3 aliphatic rings. The second-order valence-electron chi connectivity index (χ2n) is 5.47. The third kappa shape index (κ3) is 2.12. The minimum absolute atomic E-state index is 0.899. The van der Waals surface area contributed by atoms with E-state index in [4.69, 9.17) is 0 Å².